The van der Waals surface area contributed by atoms with Gasteiger partial charge in [-0.3, -0.25) is 5.32 Å². The van der Waals surface area contributed by atoms with E-state index in [0.29, 0.717) is 0 Å². The van der Waals surface area contributed by atoms with Gasteiger partial charge in [-0.25, -0.2) is 0 Å². The van der Waals surface area contributed by atoms with Gasteiger partial charge in [0.2, 0.25) is 0 Å². The van der Waals surface area contributed by atoms with Crippen molar-refractivity contribution in [3.05, 3.63) is 0 Å². The highest BCUT2D eigenvalue weighted by Crippen LogP contribution is 2.14. The standard InChI is InChI=1S/C13H26N2O/c1-6-15-13(5,11-14)9-7-8-10-16-12(2,3)4/h15H,6-10H2,1-5H3. The van der Waals surface area contributed by atoms with Crippen LogP contribution in [-0.4, -0.2) is 24.3 Å². The fourth-order valence-corrected chi connectivity index (χ4v) is 1.53. The molecule has 1 atom stereocenters. The van der Waals surface area contributed by atoms with Crippen LogP contribution in [0.25, 0.3) is 0 Å². The molecule has 0 rings (SSSR count). The van der Waals surface area contributed by atoms with Crippen molar-refractivity contribution in [3.63, 3.8) is 0 Å². The summed E-state index contributed by atoms with van der Waals surface area (Å²) < 4.78 is 5.63. The third-order valence-electron chi connectivity index (χ3n) is 2.42. The lowest BCUT2D eigenvalue weighted by molar-refractivity contribution is -0.00502. The molecule has 0 aromatic rings. The number of rotatable bonds is 7. The Labute approximate surface area is 100 Å². The molecule has 1 unspecified atom stereocenters. The van der Waals surface area contributed by atoms with Gasteiger partial charge < -0.3 is 4.74 Å². The highest BCUT2D eigenvalue weighted by atomic mass is 16.5. The highest BCUT2D eigenvalue weighted by Gasteiger charge is 2.21. The fraction of sp³-hybridized carbons (Fsp3) is 0.923. The Morgan fingerprint density at radius 2 is 1.81 bits per heavy atom. The summed E-state index contributed by atoms with van der Waals surface area (Å²) in [6, 6.07) is 2.33. The lowest BCUT2D eigenvalue weighted by Crippen LogP contribution is -2.40. The van der Waals surface area contributed by atoms with E-state index in [4.69, 9.17) is 10.00 Å². The van der Waals surface area contributed by atoms with Crippen LogP contribution in [0.15, 0.2) is 0 Å². The van der Waals surface area contributed by atoms with Crippen molar-refractivity contribution in [2.24, 2.45) is 0 Å². The van der Waals surface area contributed by atoms with Gasteiger partial charge in [0.1, 0.15) is 5.54 Å². The van der Waals surface area contributed by atoms with E-state index in [-0.39, 0.29) is 11.1 Å². The Morgan fingerprint density at radius 1 is 1.19 bits per heavy atom. The molecule has 0 saturated carbocycles. The van der Waals surface area contributed by atoms with Crippen LogP contribution >= 0.6 is 0 Å². The zero-order valence-corrected chi connectivity index (χ0v) is 11.4. The first-order valence-corrected chi connectivity index (χ1v) is 6.13. The number of nitriles is 1. The first-order valence-electron chi connectivity index (χ1n) is 6.13. The molecule has 3 nitrogen and oxygen atoms in total. The molecule has 0 aromatic heterocycles. The van der Waals surface area contributed by atoms with Gasteiger partial charge >= 0.3 is 0 Å². The van der Waals surface area contributed by atoms with Crippen LogP contribution < -0.4 is 5.32 Å². The monoisotopic (exact) mass is 226 g/mol. The van der Waals surface area contributed by atoms with Crippen molar-refractivity contribution in [1.29, 1.82) is 5.26 Å². The Kier molecular flexibility index (Phi) is 6.62. The normalized spacial score (nSPS) is 15.5. The molecule has 94 valence electrons. The molecule has 0 heterocycles. The summed E-state index contributed by atoms with van der Waals surface area (Å²) >= 11 is 0. The summed E-state index contributed by atoms with van der Waals surface area (Å²) in [5.41, 5.74) is -0.434. The van der Waals surface area contributed by atoms with Gasteiger partial charge in [0.25, 0.3) is 0 Å². The summed E-state index contributed by atoms with van der Waals surface area (Å²) in [7, 11) is 0. The van der Waals surface area contributed by atoms with Crippen LogP contribution in [0.4, 0.5) is 0 Å². The SMILES string of the molecule is CCNC(C)(C#N)CCCCOC(C)(C)C. The van der Waals surface area contributed by atoms with Crippen molar-refractivity contribution < 1.29 is 4.74 Å². The minimum Gasteiger partial charge on any atom is -0.376 e. The molecule has 0 saturated heterocycles. The molecule has 16 heavy (non-hydrogen) atoms. The topological polar surface area (TPSA) is 45.0 Å². The molecule has 0 radical (unpaired) electrons. The van der Waals surface area contributed by atoms with Crippen molar-refractivity contribution in [2.75, 3.05) is 13.2 Å². The second-order valence-electron chi connectivity index (χ2n) is 5.39. The summed E-state index contributed by atoms with van der Waals surface area (Å²) in [4.78, 5) is 0. The van der Waals surface area contributed by atoms with E-state index in [9.17, 15) is 0 Å². The van der Waals surface area contributed by atoms with E-state index in [1.54, 1.807) is 0 Å². The van der Waals surface area contributed by atoms with E-state index >= 15 is 0 Å². The maximum Gasteiger partial charge on any atom is 0.103 e. The van der Waals surface area contributed by atoms with Gasteiger partial charge in [-0.05, 0) is 53.5 Å². The molecule has 0 bridgehead atoms. The largest absolute Gasteiger partial charge is 0.376 e. The molecule has 0 aliphatic carbocycles. The highest BCUT2D eigenvalue weighted by molar-refractivity contribution is 5.03. The lowest BCUT2D eigenvalue weighted by atomic mass is 9.96. The molecule has 0 aliphatic rings. The molecule has 0 spiro atoms. The number of hydrogen-bond acceptors (Lipinski definition) is 3. The third-order valence-corrected chi connectivity index (χ3v) is 2.42. The molecule has 0 fully saturated rings. The third kappa shape index (κ3) is 7.67. The number of nitrogens with one attached hydrogen (secondary N) is 1. The average molecular weight is 226 g/mol. The molecule has 1 N–H and O–H groups in total. The minimum absolute atomic E-state index is 0.0554. The van der Waals surface area contributed by atoms with Crippen LogP contribution in [0, 0.1) is 11.3 Å². The summed E-state index contributed by atoms with van der Waals surface area (Å²) in [6.07, 6.45) is 2.91. The fourth-order valence-electron chi connectivity index (χ4n) is 1.53. The zero-order chi connectivity index (χ0) is 12.7. The number of ether oxygens (including phenoxy) is 1. The van der Waals surface area contributed by atoms with E-state index in [0.717, 1.165) is 32.4 Å². The maximum atomic E-state index is 9.06. The summed E-state index contributed by atoms with van der Waals surface area (Å²) in [6.45, 7) is 11.8. The molecular formula is C13H26N2O. The van der Waals surface area contributed by atoms with Crippen molar-refractivity contribution in [2.45, 2.75) is 65.0 Å². The molecular weight excluding hydrogens is 200 g/mol. The van der Waals surface area contributed by atoms with E-state index in [1.165, 1.54) is 0 Å². The maximum absolute atomic E-state index is 9.06. The lowest BCUT2D eigenvalue weighted by Gasteiger charge is -2.23. The quantitative estimate of drug-likeness (QED) is 0.679. The van der Waals surface area contributed by atoms with E-state index < -0.39 is 0 Å². The first kappa shape index (κ1) is 15.4. The van der Waals surface area contributed by atoms with Crippen molar-refractivity contribution >= 4 is 0 Å². The van der Waals surface area contributed by atoms with Gasteiger partial charge in [-0.1, -0.05) is 6.92 Å². The Balaban J connectivity index is 3.69. The van der Waals surface area contributed by atoms with Gasteiger partial charge in [-0.15, -0.1) is 0 Å². The number of hydrogen-bond donors (Lipinski definition) is 1. The molecule has 0 aromatic carbocycles. The van der Waals surface area contributed by atoms with E-state index in [2.05, 4.69) is 32.2 Å². The van der Waals surface area contributed by atoms with Crippen LogP contribution in [0.2, 0.25) is 0 Å². The minimum atomic E-state index is -0.378. The first-order chi connectivity index (χ1) is 7.33. The van der Waals surface area contributed by atoms with Gasteiger partial charge in [0.05, 0.1) is 11.7 Å². The molecule has 0 amide bonds. The van der Waals surface area contributed by atoms with Crippen LogP contribution in [-0.2, 0) is 4.74 Å². The number of nitrogens with zero attached hydrogens (tertiary/aromatic N) is 1. The summed E-state index contributed by atoms with van der Waals surface area (Å²) in [5.74, 6) is 0. The van der Waals surface area contributed by atoms with Gasteiger partial charge in [0, 0.05) is 6.61 Å². The van der Waals surface area contributed by atoms with Crippen LogP contribution in [0.1, 0.15) is 53.9 Å². The molecule has 3 heteroatoms. The Morgan fingerprint density at radius 3 is 2.25 bits per heavy atom. The van der Waals surface area contributed by atoms with Gasteiger partial charge in [-0.2, -0.15) is 5.26 Å². The zero-order valence-electron chi connectivity index (χ0n) is 11.4. The number of unbranched alkanes of at least 4 members (excludes halogenated alkanes) is 1. The summed E-state index contributed by atoms with van der Waals surface area (Å²) in [5, 5.41) is 12.3. The predicted molar refractivity (Wildman–Crippen MR) is 67.3 cm³/mol. The van der Waals surface area contributed by atoms with Crippen LogP contribution in [0.5, 0.6) is 0 Å². The second kappa shape index (κ2) is 6.88. The smallest absolute Gasteiger partial charge is 0.103 e. The Bertz CT molecular complexity index is 227. The average Bonchev–Trinajstić information content (AvgIpc) is 2.16. The second-order valence-corrected chi connectivity index (χ2v) is 5.39. The van der Waals surface area contributed by atoms with Gasteiger partial charge in [0.15, 0.2) is 0 Å². The Hall–Kier alpha value is -0.590. The van der Waals surface area contributed by atoms with Crippen LogP contribution in [0.3, 0.4) is 0 Å². The van der Waals surface area contributed by atoms with E-state index in [1.807, 2.05) is 13.8 Å². The van der Waals surface area contributed by atoms with Crippen molar-refractivity contribution in [1.82, 2.24) is 5.32 Å². The molecule has 0 aliphatic heterocycles. The predicted octanol–water partition coefficient (Wildman–Crippen LogP) is 2.86. The van der Waals surface area contributed by atoms with Crippen molar-refractivity contribution in [3.8, 4) is 6.07 Å².